The van der Waals surface area contributed by atoms with Crippen molar-refractivity contribution in [2.24, 2.45) is 0 Å². The minimum Gasteiger partial charge on any atom is -0.424 e. The lowest BCUT2D eigenvalue weighted by atomic mass is 10.2. The molecule has 0 aliphatic carbocycles. The Balaban J connectivity index is 1.39. The SMILES string of the molecule is Fc1ccc(-c2nnc(SCc3nnc(Cc4ccccc4)o3)n2-c2ccccc2)cc1. The Kier molecular flexibility index (Phi) is 5.76. The Hall–Kier alpha value is -3.78. The van der Waals surface area contributed by atoms with Crippen molar-refractivity contribution in [2.45, 2.75) is 17.3 Å². The summed E-state index contributed by atoms with van der Waals surface area (Å²) < 4.78 is 21.2. The highest BCUT2D eigenvalue weighted by molar-refractivity contribution is 7.98. The largest absolute Gasteiger partial charge is 0.424 e. The molecule has 0 aliphatic rings. The number of rotatable bonds is 7. The Bertz CT molecular complexity index is 1300. The van der Waals surface area contributed by atoms with E-state index in [1.54, 1.807) is 12.1 Å². The number of hydrogen-bond acceptors (Lipinski definition) is 6. The van der Waals surface area contributed by atoms with Gasteiger partial charge in [0.15, 0.2) is 11.0 Å². The molecule has 6 nitrogen and oxygen atoms in total. The van der Waals surface area contributed by atoms with Crippen LogP contribution in [0.25, 0.3) is 17.1 Å². The summed E-state index contributed by atoms with van der Waals surface area (Å²) in [5.41, 5.74) is 2.80. The molecule has 0 unspecified atom stereocenters. The molecule has 0 saturated heterocycles. The molecular formula is C24H18FN5OS. The van der Waals surface area contributed by atoms with Crippen LogP contribution in [0.1, 0.15) is 17.3 Å². The molecule has 0 radical (unpaired) electrons. The van der Waals surface area contributed by atoms with Crippen molar-refractivity contribution in [3.8, 4) is 17.1 Å². The zero-order valence-corrected chi connectivity index (χ0v) is 17.7. The average Bonchev–Trinajstić information content (AvgIpc) is 3.46. The van der Waals surface area contributed by atoms with Gasteiger partial charge in [0.1, 0.15) is 5.82 Å². The van der Waals surface area contributed by atoms with Gasteiger partial charge in [0.2, 0.25) is 11.8 Å². The summed E-state index contributed by atoms with van der Waals surface area (Å²) in [6.45, 7) is 0. The van der Waals surface area contributed by atoms with E-state index in [4.69, 9.17) is 4.42 Å². The van der Waals surface area contributed by atoms with Crippen LogP contribution in [-0.2, 0) is 12.2 Å². The summed E-state index contributed by atoms with van der Waals surface area (Å²) in [5.74, 6) is 1.89. The maximum atomic E-state index is 13.4. The quantitative estimate of drug-likeness (QED) is 0.316. The first-order valence-corrected chi connectivity index (χ1v) is 11.0. The van der Waals surface area contributed by atoms with E-state index in [2.05, 4.69) is 20.4 Å². The van der Waals surface area contributed by atoms with Crippen LogP contribution in [0.2, 0.25) is 0 Å². The van der Waals surface area contributed by atoms with Crippen molar-refractivity contribution in [1.82, 2.24) is 25.0 Å². The zero-order valence-electron chi connectivity index (χ0n) is 16.9. The molecule has 32 heavy (non-hydrogen) atoms. The van der Waals surface area contributed by atoms with Crippen molar-refractivity contribution in [3.05, 3.63) is 108 Å². The highest BCUT2D eigenvalue weighted by Crippen LogP contribution is 2.29. The smallest absolute Gasteiger partial charge is 0.226 e. The van der Waals surface area contributed by atoms with E-state index in [1.807, 2.05) is 65.2 Å². The van der Waals surface area contributed by atoms with Crippen LogP contribution in [0, 0.1) is 5.82 Å². The van der Waals surface area contributed by atoms with Gasteiger partial charge in [-0.05, 0) is 42.0 Å². The van der Waals surface area contributed by atoms with Gasteiger partial charge in [0, 0.05) is 11.3 Å². The predicted molar refractivity (Wildman–Crippen MR) is 120 cm³/mol. The number of nitrogens with zero attached hydrogens (tertiary/aromatic N) is 5. The lowest BCUT2D eigenvalue weighted by Crippen LogP contribution is -1.99. The fourth-order valence-corrected chi connectivity index (χ4v) is 4.06. The Morgan fingerprint density at radius 1 is 0.750 bits per heavy atom. The fraction of sp³-hybridized carbons (Fsp3) is 0.0833. The normalized spacial score (nSPS) is 11.0. The molecule has 3 aromatic carbocycles. The molecule has 0 spiro atoms. The van der Waals surface area contributed by atoms with E-state index in [1.165, 1.54) is 23.9 Å². The first kappa shape index (κ1) is 20.1. The van der Waals surface area contributed by atoms with Crippen LogP contribution < -0.4 is 0 Å². The van der Waals surface area contributed by atoms with Crippen molar-refractivity contribution in [3.63, 3.8) is 0 Å². The predicted octanol–water partition coefficient (Wildman–Crippen LogP) is 5.34. The summed E-state index contributed by atoms with van der Waals surface area (Å²) >= 11 is 1.45. The van der Waals surface area contributed by atoms with Gasteiger partial charge in [0.05, 0.1) is 12.2 Å². The van der Waals surface area contributed by atoms with Crippen LogP contribution in [0.4, 0.5) is 4.39 Å². The molecule has 5 aromatic rings. The molecule has 2 aromatic heterocycles. The molecule has 0 saturated carbocycles. The lowest BCUT2D eigenvalue weighted by Gasteiger charge is -2.09. The molecule has 2 heterocycles. The molecule has 0 aliphatic heterocycles. The van der Waals surface area contributed by atoms with Gasteiger partial charge in [0.25, 0.3) is 0 Å². The van der Waals surface area contributed by atoms with Gasteiger partial charge >= 0.3 is 0 Å². The van der Waals surface area contributed by atoms with Crippen molar-refractivity contribution in [2.75, 3.05) is 0 Å². The van der Waals surface area contributed by atoms with E-state index in [9.17, 15) is 4.39 Å². The van der Waals surface area contributed by atoms with Crippen LogP contribution in [-0.4, -0.2) is 25.0 Å². The van der Waals surface area contributed by atoms with Crippen LogP contribution in [0.3, 0.4) is 0 Å². The molecular weight excluding hydrogens is 425 g/mol. The number of hydrogen-bond donors (Lipinski definition) is 0. The number of halogens is 1. The van der Waals surface area contributed by atoms with E-state index in [0.29, 0.717) is 34.9 Å². The summed E-state index contributed by atoms with van der Waals surface area (Å²) in [7, 11) is 0. The highest BCUT2D eigenvalue weighted by Gasteiger charge is 2.17. The third-order valence-corrected chi connectivity index (χ3v) is 5.70. The van der Waals surface area contributed by atoms with E-state index in [-0.39, 0.29) is 5.82 Å². The molecule has 0 N–H and O–H groups in total. The minimum absolute atomic E-state index is 0.295. The number of para-hydroxylation sites is 1. The van der Waals surface area contributed by atoms with Gasteiger partial charge in [-0.2, -0.15) is 0 Å². The van der Waals surface area contributed by atoms with Crippen molar-refractivity contribution >= 4 is 11.8 Å². The molecule has 0 bridgehead atoms. The first-order valence-electron chi connectivity index (χ1n) is 10.0. The van der Waals surface area contributed by atoms with Gasteiger partial charge in [-0.15, -0.1) is 20.4 Å². The van der Waals surface area contributed by atoms with Gasteiger partial charge in [-0.25, -0.2) is 4.39 Å². The standard InChI is InChI=1S/C24H18FN5OS/c25-19-13-11-18(12-14-19)23-28-29-24(30(23)20-9-5-2-6-10-20)32-16-22-27-26-21(31-22)15-17-7-3-1-4-8-17/h1-14H,15-16H2. The molecule has 5 rings (SSSR count). The van der Waals surface area contributed by atoms with Gasteiger partial charge in [-0.3, -0.25) is 4.57 Å². The van der Waals surface area contributed by atoms with Crippen molar-refractivity contribution in [1.29, 1.82) is 0 Å². The van der Waals surface area contributed by atoms with E-state index < -0.39 is 0 Å². The van der Waals surface area contributed by atoms with Crippen LogP contribution >= 0.6 is 11.8 Å². The second-order valence-electron chi connectivity index (χ2n) is 7.02. The average molecular weight is 444 g/mol. The first-order chi connectivity index (χ1) is 15.8. The summed E-state index contributed by atoms with van der Waals surface area (Å²) in [4.78, 5) is 0. The zero-order chi connectivity index (χ0) is 21.8. The highest BCUT2D eigenvalue weighted by atomic mass is 32.2. The third-order valence-electron chi connectivity index (χ3n) is 4.78. The van der Waals surface area contributed by atoms with E-state index >= 15 is 0 Å². The molecule has 158 valence electrons. The monoisotopic (exact) mass is 443 g/mol. The second-order valence-corrected chi connectivity index (χ2v) is 7.97. The summed E-state index contributed by atoms with van der Waals surface area (Å²) in [6.07, 6.45) is 0.591. The van der Waals surface area contributed by atoms with Crippen molar-refractivity contribution < 1.29 is 8.81 Å². The molecule has 0 amide bonds. The Labute approximate surface area is 188 Å². The molecule has 8 heteroatoms. The topological polar surface area (TPSA) is 69.6 Å². The van der Waals surface area contributed by atoms with Crippen LogP contribution in [0.5, 0.6) is 0 Å². The third kappa shape index (κ3) is 4.45. The van der Waals surface area contributed by atoms with E-state index in [0.717, 1.165) is 16.8 Å². The van der Waals surface area contributed by atoms with Gasteiger partial charge < -0.3 is 4.42 Å². The Morgan fingerprint density at radius 3 is 2.19 bits per heavy atom. The number of thioether (sulfide) groups is 1. The van der Waals surface area contributed by atoms with Crippen LogP contribution in [0.15, 0.2) is 94.5 Å². The maximum Gasteiger partial charge on any atom is 0.226 e. The van der Waals surface area contributed by atoms with Gasteiger partial charge in [-0.1, -0.05) is 60.3 Å². The summed E-state index contributed by atoms with van der Waals surface area (Å²) in [6, 6.07) is 26.0. The molecule has 0 fully saturated rings. The fourth-order valence-electron chi connectivity index (χ4n) is 3.27. The summed E-state index contributed by atoms with van der Waals surface area (Å²) in [5, 5.41) is 17.7. The number of benzene rings is 3. The Morgan fingerprint density at radius 2 is 1.44 bits per heavy atom. The lowest BCUT2D eigenvalue weighted by molar-refractivity contribution is 0.474. The minimum atomic E-state index is -0.295. The molecule has 0 atom stereocenters. The maximum absolute atomic E-state index is 13.4. The second kappa shape index (κ2) is 9.15. The number of aromatic nitrogens is 5.